The van der Waals surface area contributed by atoms with Crippen LogP contribution in [0.5, 0.6) is 0 Å². The van der Waals surface area contributed by atoms with Crippen molar-refractivity contribution >= 4 is 0 Å². The molecule has 0 aromatic heterocycles. The lowest BCUT2D eigenvalue weighted by Gasteiger charge is -2.05. The number of nitrogens with zero attached hydrogens (tertiary/aromatic N) is 1. The molecular formula is C7H14N2O. The van der Waals surface area contributed by atoms with Gasteiger partial charge in [-0.1, -0.05) is 0 Å². The molecule has 0 aliphatic rings. The predicted molar refractivity (Wildman–Crippen MR) is 39.3 cm³/mol. The molecule has 3 heteroatoms. The summed E-state index contributed by atoms with van der Waals surface area (Å²) in [7, 11) is 0. The molecule has 0 rings (SSSR count). The van der Waals surface area contributed by atoms with Crippen LogP contribution < -0.4 is 5.32 Å². The van der Waals surface area contributed by atoms with Crippen molar-refractivity contribution in [2.75, 3.05) is 13.2 Å². The van der Waals surface area contributed by atoms with Crippen molar-refractivity contribution in [2.45, 2.75) is 26.4 Å². The van der Waals surface area contributed by atoms with Crippen molar-refractivity contribution in [3.8, 4) is 6.19 Å². The van der Waals surface area contributed by atoms with Crippen molar-refractivity contribution in [1.29, 1.82) is 5.26 Å². The van der Waals surface area contributed by atoms with Crippen LogP contribution in [0.2, 0.25) is 0 Å². The molecule has 1 N–H and O–H groups in total. The number of nitrogens with one attached hydrogen (secondary N) is 1. The van der Waals surface area contributed by atoms with Crippen LogP contribution in [0.25, 0.3) is 0 Å². The highest BCUT2D eigenvalue weighted by Crippen LogP contribution is 1.88. The highest BCUT2D eigenvalue weighted by molar-refractivity contribution is 4.63. The normalized spacial score (nSPS) is 9.40. The molecule has 0 aromatic carbocycles. The summed E-state index contributed by atoms with van der Waals surface area (Å²) in [5.74, 6) is 0. The average molecular weight is 142 g/mol. The first-order chi connectivity index (χ1) is 4.77. The van der Waals surface area contributed by atoms with Crippen LogP contribution in [0.4, 0.5) is 0 Å². The summed E-state index contributed by atoms with van der Waals surface area (Å²) in [6, 6.07) is 0. The van der Waals surface area contributed by atoms with Gasteiger partial charge in [-0.15, -0.1) is 0 Å². The van der Waals surface area contributed by atoms with Gasteiger partial charge in [0.15, 0.2) is 6.19 Å². The third-order valence-corrected chi connectivity index (χ3v) is 0.976. The second-order valence-electron chi connectivity index (χ2n) is 2.31. The average Bonchev–Trinajstić information content (AvgIpc) is 1.87. The van der Waals surface area contributed by atoms with Crippen LogP contribution in [0, 0.1) is 11.5 Å². The Bertz CT molecular complexity index is 107. The minimum absolute atomic E-state index is 0.294. The maximum atomic E-state index is 8.07. The molecule has 0 aliphatic carbocycles. The van der Waals surface area contributed by atoms with Gasteiger partial charge in [-0.2, -0.15) is 5.26 Å². The van der Waals surface area contributed by atoms with Gasteiger partial charge in [0, 0.05) is 13.2 Å². The van der Waals surface area contributed by atoms with Crippen LogP contribution in [-0.2, 0) is 4.74 Å². The summed E-state index contributed by atoms with van der Waals surface area (Å²) in [6.07, 6.45) is 3.04. The first-order valence-electron chi connectivity index (χ1n) is 3.51. The highest BCUT2D eigenvalue weighted by atomic mass is 16.5. The van der Waals surface area contributed by atoms with E-state index in [1.54, 1.807) is 0 Å². The lowest BCUT2D eigenvalue weighted by molar-refractivity contribution is 0.0776. The lowest BCUT2D eigenvalue weighted by Crippen LogP contribution is -2.12. The van der Waals surface area contributed by atoms with Gasteiger partial charge in [0.25, 0.3) is 0 Å². The molecule has 0 radical (unpaired) electrons. The summed E-state index contributed by atoms with van der Waals surface area (Å²) in [4.78, 5) is 0. The zero-order valence-electron chi connectivity index (χ0n) is 6.55. The van der Waals surface area contributed by atoms with E-state index in [4.69, 9.17) is 10.00 Å². The molecular weight excluding hydrogens is 128 g/mol. The molecule has 0 atom stereocenters. The van der Waals surface area contributed by atoms with Crippen LogP contribution in [-0.4, -0.2) is 19.3 Å². The fourth-order valence-electron chi connectivity index (χ4n) is 0.535. The van der Waals surface area contributed by atoms with E-state index < -0.39 is 0 Å². The van der Waals surface area contributed by atoms with E-state index >= 15 is 0 Å². The van der Waals surface area contributed by atoms with Gasteiger partial charge in [0.05, 0.1) is 6.10 Å². The topological polar surface area (TPSA) is 45.0 Å². The van der Waals surface area contributed by atoms with E-state index in [2.05, 4.69) is 5.32 Å². The fraction of sp³-hybridized carbons (Fsp3) is 0.857. The Labute approximate surface area is 62.0 Å². The molecule has 0 bridgehead atoms. The molecule has 58 valence electrons. The zero-order valence-corrected chi connectivity index (χ0v) is 6.55. The maximum Gasteiger partial charge on any atom is 0.176 e. The van der Waals surface area contributed by atoms with Gasteiger partial charge >= 0.3 is 0 Å². The van der Waals surface area contributed by atoms with Crippen molar-refractivity contribution in [3.63, 3.8) is 0 Å². The molecule has 3 nitrogen and oxygen atoms in total. The summed E-state index contributed by atoms with van der Waals surface area (Å²) in [5, 5.41) is 10.6. The molecule has 0 heterocycles. The Morgan fingerprint density at radius 2 is 2.30 bits per heavy atom. The van der Waals surface area contributed by atoms with Crippen LogP contribution in [0.3, 0.4) is 0 Å². The van der Waals surface area contributed by atoms with Crippen LogP contribution in [0.1, 0.15) is 20.3 Å². The Morgan fingerprint density at radius 3 is 2.80 bits per heavy atom. The van der Waals surface area contributed by atoms with Crippen LogP contribution >= 0.6 is 0 Å². The Morgan fingerprint density at radius 1 is 1.60 bits per heavy atom. The molecule has 0 fully saturated rings. The van der Waals surface area contributed by atoms with Gasteiger partial charge in [-0.05, 0) is 20.3 Å². The monoisotopic (exact) mass is 142 g/mol. The van der Waals surface area contributed by atoms with E-state index in [1.165, 1.54) is 0 Å². The molecule has 0 unspecified atom stereocenters. The number of nitriles is 1. The third-order valence-electron chi connectivity index (χ3n) is 0.976. The Hall–Kier alpha value is -0.750. The summed E-state index contributed by atoms with van der Waals surface area (Å²) < 4.78 is 5.24. The first kappa shape index (κ1) is 9.25. The summed E-state index contributed by atoms with van der Waals surface area (Å²) >= 11 is 0. The summed E-state index contributed by atoms with van der Waals surface area (Å²) in [6.45, 7) is 5.44. The van der Waals surface area contributed by atoms with Gasteiger partial charge in [0.1, 0.15) is 0 Å². The summed E-state index contributed by atoms with van der Waals surface area (Å²) in [5.41, 5.74) is 0. The number of hydrogen-bond acceptors (Lipinski definition) is 3. The van der Waals surface area contributed by atoms with Gasteiger partial charge < -0.3 is 10.1 Å². The molecule has 10 heavy (non-hydrogen) atoms. The Balaban J connectivity index is 2.86. The SMILES string of the molecule is CC(C)OCCCNC#N. The van der Waals surface area contributed by atoms with E-state index in [1.807, 2.05) is 20.0 Å². The van der Waals surface area contributed by atoms with Gasteiger partial charge in [-0.25, -0.2) is 0 Å². The molecule has 0 amide bonds. The lowest BCUT2D eigenvalue weighted by atomic mass is 10.4. The smallest absolute Gasteiger partial charge is 0.176 e. The highest BCUT2D eigenvalue weighted by Gasteiger charge is 1.91. The second-order valence-corrected chi connectivity index (χ2v) is 2.31. The van der Waals surface area contributed by atoms with E-state index in [-0.39, 0.29) is 0 Å². The van der Waals surface area contributed by atoms with Crippen LogP contribution in [0.15, 0.2) is 0 Å². The van der Waals surface area contributed by atoms with Crippen molar-refractivity contribution in [2.24, 2.45) is 0 Å². The maximum absolute atomic E-state index is 8.07. The van der Waals surface area contributed by atoms with Gasteiger partial charge in [0.2, 0.25) is 0 Å². The van der Waals surface area contributed by atoms with E-state index in [9.17, 15) is 0 Å². The second kappa shape index (κ2) is 6.37. The third kappa shape index (κ3) is 7.25. The fourth-order valence-corrected chi connectivity index (χ4v) is 0.535. The molecule has 0 aliphatic heterocycles. The molecule has 0 saturated carbocycles. The van der Waals surface area contributed by atoms with Crippen molar-refractivity contribution in [1.82, 2.24) is 5.32 Å². The van der Waals surface area contributed by atoms with E-state index in [0.717, 1.165) is 13.0 Å². The largest absolute Gasteiger partial charge is 0.379 e. The molecule has 0 saturated heterocycles. The molecule has 0 aromatic rings. The van der Waals surface area contributed by atoms with E-state index in [0.29, 0.717) is 12.6 Å². The van der Waals surface area contributed by atoms with Crippen molar-refractivity contribution < 1.29 is 4.74 Å². The quantitative estimate of drug-likeness (QED) is 0.352. The number of rotatable bonds is 5. The Kier molecular flexibility index (Phi) is 5.89. The number of ether oxygens (including phenoxy) is 1. The minimum atomic E-state index is 0.294. The minimum Gasteiger partial charge on any atom is -0.379 e. The first-order valence-corrected chi connectivity index (χ1v) is 3.51. The standard InChI is InChI=1S/C7H14N2O/c1-7(2)10-5-3-4-9-6-8/h7,9H,3-5H2,1-2H3. The number of hydrogen-bond donors (Lipinski definition) is 1. The molecule has 0 spiro atoms. The van der Waals surface area contributed by atoms with Gasteiger partial charge in [-0.3, -0.25) is 0 Å². The predicted octanol–water partition coefficient (Wildman–Crippen LogP) is 0.872. The zero-order chi connectivity index (χ0) is 7.82. The van der Waals surface area contributed by atoms with Crippen molar-refractivity contribution in [3.05, 3.63) is 0 Å².